The minimum Gasteiger partial charge on any atom is -0.394 e. The molecule has 0 spiro atoms. The van der Waals surface area contributed by atoms with Crippen LogP contribution in [0.25, 0.3) is 0 Å². The van der Waals surface area contributed by atoms with Gasteiger partial charge >= 0.3 is 0 Å². The van der Waals surface area contributed by atoms with Crippen molar-refractivity contribution in [1.82, 2.24) is 5.32 Å². The molecule has 5 N–H and O–H groups in total. The molecule has 0 aliphatic heterocycles. The molecule has 1 amide bonds. The second-order valence-corrected chi connectivity index (χ2v) is 16.8. The quantitative estimate of drug-likeness (QED) is 0.0312. The van der Waals surface area contributed by atoms with Crippen LogP contribution in [0.2, 0.25) is 0 Å². The van der Waals surface area contributed by atoms with Crippen LogP contribution in [0.1, 0.15) is 245 Å². The Morgan fingerprint density at radius 2 is 0.750 bits per heavy atom. The Hall–Kier alpha value is -1.47. The number of nitrogens with one attached hydrogen (secondary N) is 1. The van der Waals surface area contributed by atoms with E-state index in [1.807, 2.05) is 0 Å². The van der Waals surface area contributed by atoms with Crippen molar-refractivity contribution in [2.24, 2.45) is 0 Å². The predicted octanol–water partition coefficient (Wildman–Crippen LogP) is 13.3. The van der Waals surface area contributed by atoms with Crippen molar-refractivity contribution in [1.29, 1.82) is 0 Å². The van der Waals surface area contributed by atoms with Gasteiger partial charge in [-0.2, -0.15) is 0 Å². The lowest BCUT2D eigenvalue weighted by molar-refractivity contribution is -0.132. The molecule has 6 heteroatoms. The first-order chi connectivity index (χ1) is 27.5. The maximum Gasteiger partial charge on any atom is 0.249 e. The van der Waals surface area contributed by atoms with Crippen molar-refractivity contribution in [3.8, 4) is 0 Å². The van der Waals surface area contributed by atoms with Crippen molar-refractivity contribution in [3.05, 3.63) is 36.5 Å². The lowest BCUT2D eigenvalue weighted by atomic mass is 10.00. The van der Waals surface area contributed by atoms with Crippen LogP contribution in [0, 0.1) is 0 Å². The number of carbonyl (C=O) groups excluding carboxylic acids is 1. The van der Waals surface area contributed by atoms with Crippen molar-refractivity contribution in [2.75, 3.05) is 6.61 Å². The molecular weight excluding hydrogens is 695 g/mol. The molecule has 0 fully saturated rings. The van der Waals surface area contributed by atoms with Crippen LogP contribution in [0.15, 0.2) is 36.5 Å². The van der Waals surface area contributed by atoms with Crippen LogP contribution in [0.3, 0.4) is 0 Å². The molecule has 0 aliphatic rings. The van der Waals surface area contributed by atoms with Gasteiger partial charge in [0.1, 0.15) is 12.2 Å². The monoisotopic (exact) mass is 790 g/mol. The van der Waals surface area contributed by atoms with Gasteiger partial charge in [0.15, 0.2) is 0 Å². The SMILES string of the molecule is CCCCCCCCCCCCCCC/C=C/CC/C=C/CC/C=C/CCCC(O)C(O)C(CO)NC(=O)C(O)CCCCCCCCCCCCCCCC. The van der Waals surface area contributed by atoms with Crippen LogP contribution in [0.4, 0.5) is 0 Å². The fraction of sp³-hybridized carbons (Fsp3) is 0.860. The van der Waals surface area contributed by atoms with Gasteiger partial charge in [-0.25, -0.2) is 0 Å². The standard InChI is InChI=1S/C50H95NO5/c1-3-5-7-9-11-13-15-17-19-20-21-22-23-24-25-26-27-28-29-30-32-33-35-37-39-41-43-47(53)49(55)46(45-52)51-50(56)48(54)44-42-40-38-36-34-31-18-16-14-12-10-8-6-4-2/h25-26,29-30,35,37,46-49,52-55H,3-24,27-28,31-34,36,38-45H2,1-2H3,(H,51,56)/b26-25+,30-29+,37-35+. The van der Waals surface area contributed by atoms with E-state index in [1.165, 1.54) is 161 Å². The molecule has 0 heterocycles. The highest BCUT2D eigenvalue weighted by Gasteiger charge is 2.28. The molecule has 0 rings (SSSR count). The Morgan fingerprint density at radius 3 is 1.12 bits per heavy atom. The Kier molecular flexibility index (Phi) is 43.5. The maximum absolute atomic E-state index is 12.5. The minimum atomic E-state index is -1.29. The Labute approximate surface area is 347 Å². The predicted molar refractivity (Wildman–Crippen MR) is 242 cm³/mol. The van der Waals surface area contributed by atoms with Gasteiger partial charge in [0.05, 0.1) is 18.8 Å². The molecule has 4 atom stereocenters. The Balaban J connectivity index is 3.76. The van der Waals surface area contributed by atoms with E-state index in [0.29, 0.717) is 19.3 Å². The number of unbranched alkanes of at least 4 members (excludes halogenated alkanes) is 29. The zero-order valence-electron chi connectivity index (χ0n) is 37.1. The molecule has 56 heavy (non-hydrogen) atoms. The number of aliphatic hydroxyl groups is 4. The van der Waals surface area contributed by atoms with Gasteiger partial charge in [0.25, 0.3) is 0 Å². The molecule has 330 valence electrons. The summed E-state index contributed by atoms with van der Waals surface area (Å²) in [5, 5.41) is 43.7. The largest absolute Gasteiger partial charge is 0.394 e. The van der Waals surface area contributed by atoms with Gasteiger partial charge in [-0.05, 0) is 64.2 Å². The summed E-state index contributed by atoms with van der Waals surface area (Å²) in [5.41, 5.74) is 0. The third kappa shape index (κ3) is 38.1. The third-order valence-corrected chi connectivity index (χ3v) is 11.3. The minimum absolute atomic E-state index is 0.361. The first-order valence-electron chi connectivity index (χ1n) is 24.4. The molecule has 0 aromatic heterocycles. The van der Waals surface area contributed by atoms with Gasteiger partial charge in [0, 0.05) is 0 Å². The van der Waals surface area contributed by atoms with Gasteiger partial charge in [-0.3, -0.25) is 4.79 Å². The van der Waals surface area contributed by atoms with Crippen LogP contribution in [0.5, 0.6) is 0 Å². The van der Waals surface area contributed by atoms with E-state index in [-0.39, 0.29) is 0 Å². The summed E-state index contributed by atoms with van der Waals surface area (Å²) in [6.45, 7) is 4.04. The van der Waals surface area contributed by atoms with Crippen molar-refractivity contribution in [2.45, 2.75) is 269 Å². The van der Waals surface area contributed by atoms with Crippen LogP contribution in [-0.4, -0.2) is 57.3 Å². The molecule has 0 radical (unpaired) electrons. The molecule has 0 aromatic carbocycles. The smallest absolute Gasteiger partial charge is 0.249 e. The molecule has 0 aliphatic carbocycles. The molecule has 0 aromatic rings. The average Bonchev–Trinajstić information content (AvgIpc) is 3.20. The van der Waals surface area contributed by atoms with Gasteiger partial charge in [0.2, 0.25) is 5.91 Å². The fourth-order valence-electron chi connectivity index (χ4n) is 7.44. The molecule has 6 nitrogen and oxygen atoms in total. The van der Waals surface area contributed by atoms with Crippen molar-refractivity contribution in [3.63, 3.8) is 0 Å². The van der Waals surface area contributed by atoms with Crippen LogP contribution < -0.4 is 5.32 Å². The van der Waals surface area contributed by atoms with E-state index in [0.717, 1.165) is 51.4 Å². The summed E-state index contributed by atoms with van der Waals surface area (Å²) in [6.07, 6.45) is 53.4. The Bertz CT molecular complexity index is 889. The van der Waals surface area contributed by atoms with Gasteiger partial charge in [-0.15, -0.1) is 0 Å². The second-order valence-electron chi connectivity index (χ2n) is 16.8. The number of hydrogen-bond donors (Lipinski definition) is 5. The van der Waals surface area contributed by atoms with Crippen LogP contribution in [-0.2, 0) is 4.79 Å². The normalized spacial score (nSPS) is 14.3. The zero-order valence-corrected chi connectivity index (χ0v) is 37.1. The number of hydrogen-bond acceptors (Lipinski definition) is 5. The van der Waals surface area contributed by atoms with E-state index in [2.05, 4.69) is 55.6 Å². The first-order valence-corrected chi connectivity index (χ1v) is 24.4. The lowest BCUT2D eigenvalue weighted by Gasteiger charge is -2.27. The van der Waals surface area contributed by atoms with Gasteiger partial charge < -0.3 is 25.7 Å². The van der Waals surface area contributed by atoms with Crippen LogP contribution >= 0.6 is 0 Å². The molecule has 0 saturated carbocycles. The average molecular weight is 790 g/mol. The molecular formula is C50H95NO5. The maximum atomic E-state index is 12.5. The molecule has 0 bridgehead atoms. The van der Waals surface area contributed by atoms with E-state index in [4.69, 9.17) is 0 Å². The van der Waals surface area contributed by atoms with E-state index in [9.17, 15) is 25.2 Å². The number of carbonyl (C=O) groups is 1. The number of aliphatic hydroxyl groups excluding tert-OH is 4. The fourth-order valence-corrected chi connectivity index (χ4v) is 7.44. The second kappa shape index (κ2) is 44.6. The summed E-state index contributed by atoms with van der Waals surface area (Å²) in [5.74, 6) is -0.598. The van der Waals surface area contributed by atoms with Crippen molar-refractivity contribution >= 4 is 5.91 Å². The molecule has 0 saturated heterocycles. The molecule has 4 unspecified atom stereocenters. The van der Waals surface area contributed by atoms with Crippen molar-refractivity contribution < 1.29 is 25.2 Å². The summed E-state index contributed by atoms with van der Waals surface area (Å²) < 4.78 is 0. The zero-order chi connectivity index (χ0) is 41.0. The summed E-state index contributed by atoms with van der Waals surface area (Å²) in [6, 6.07) is -1.01. The lowest BCUT2D eigenvalue weighted by Crippen LogP contribution is -2.53. The Morgan fingerprint density at radius 1 is 0.429 bits per heavy atom. The van der Waals surface area contributed by atoms with Gasteiger partial charge in [-0.1, -0.05) is 217 Å². The number of amides is 1. The van der Waals surface area contributed by atoms with E-state index < -0.39 is 36.9 Å². The third-order valence-electron chi connectivity index (χ3n) is 11.3. The summed E-state index contributed by atoms with van der Waals surface area (Å²) in [4.78, 5) is 12.5. The highest BCUT2D eigenvalue weighted by molar-refractivity contribution is 5.80. The summed E-state index contributed by atoms with van der Waals surface area (Å²) in [7, 11) is 0. The topological polar surface area (TPSA) is 110 Å². The highest BCUT2D eigenvalue weighted by atomic mass is 16.3. The van der Waals surface area contributed by atoms with E-state index >= 15 is 0 Å². The van der Waals surface area contributed by atoms with E-state index in [1.54, 1.807) is 0 Å². The highest BCUT2D eigenvalue weighted by Crippen LogP contribution is 2.16. The first kappa shape index (κ1) is 54.5. The number of allylic oxidation sites excluding steroid dienone is 6. The number of rotatable bonds is 44. The summed E-state index contributed by atoms with van der Waals surface area (Å²) >= 11 is 0.